The Hall–Kier alpha value is -0.960. The van der Waals surface area contributed by atoms with Crippen LogP contribution in [0.15, 0.2) is 43.0 Å². The van der Waals surface area contributed by atoms with Gasteiger partial charge in [0, 0.05) is 0 Å². The maximum atomic E-state index is 12.1. The molecule has 1 aliphatic heterocycles. The van der Waals surface area contributed by atoms with Gasteiger partial charge in [-0.15, -0.1) is 6.58 Å². The molecule has 1 aromatic carbocycles. The van der Waals surface area contributed by atoms with Crippen molar-refractivity contribution < 1.29 is 24.1 Å². The minimum absolute atomic E-state index is 0.167. The Morgan fingerprint density at radius 3 is 2.86 bits per heavy atom. The van der Waals surface area contributed by atoms with E-state index in [-0.39, 0.29) is 10.5 Å². The summed E-state index contributed by atoms with van der Waals surface area (Å²) in [5.74, 6) is -0.513. The van der Waals surface area contributed by atoms with E-state index in [9.17, 15) is 9.90 Å². The average molecular weight is 404 g/mol. The van der Waals surface area contributed by atoms with Crippen LogP contribution in [-0.4, -0.2) is 46.7 Å². The molecule has 1 heterocycles. The van der Waals surface area contributed by atoms with E-state index >= 15 is 0 Å². The normalized spacial score (nSPS) is 28.9. The molecular formula is C15H17IO5. The number of halogens is 1. The molecule has 0 bridgehead atoms. The van der Waals surface area contributed by atoms with Gasteiger partial charge in [0.15, 0.2) is 12.4 Å². The Bertz CT molecular complexity index is 478. The molecule has 1 aliphatic rings. The molecule has 1 saturated heterocycles. The van der Waals surface area contributed by atoms with Crippen molar-refractivity contribution in [2.75, 3.05) is 13.2 Å². The first-order chi connectivity index (χ1) is 10.1. The molecular weight excluding hydrogens is 387 g/mol. The molecule has 0 amide bonds. The second-order valence-corrected chi connectivity index (χ2v) is 6.17. The van der Waals surface area contributed by atoms with Gasteiger partial charge in [0.25, 0.3) is 0 Å². The number of hydrogen-bond acceptors (Lipinski definition) is 5. The van der Waals surface area contributed by atoms with Gasteiger partial charge in [0.05, 0.1) is 22.7 Å². The summed E-state index contributed by atoms with van der Waals surface area (Å²) >= 11 is 2.07. The van der Waals surface area contributed by atoms with Crippen LogP contribution in [0.4, 0.5) is 0 Å². The maximum Gasteiger partial charge on any atom is 0.338 e. The molecule has 114 valence electrons. The van der Waals surface area contributed by atoms with Crippen molar-refractivity contribution in [1.82, 2.24) is 0 Å². The summed E-state index contributed by atoms with van der Waals surface area (Å²) in [4.78, 5) is 12.1. The summed E-state index contributed by atoms with van der Waals surface area (Å²) in [6.45, 7) is 4.15. The molecule has 0 saturated carbocycles. The van der Waals surface area contributed by atoms with E-state index in [1.165, 1.54) is 0 Å². The first-order valence-corrected chi connectivity index (χ1v) is 7.80. The molecule has 4 atom stereocenters. The molecule has 6 heteroatoms. The number of aliphatic hydroxyl groups excluding tert-OH is 1. The van der Waals surface area contributed by atoms with Crippen molar-refractivity contribution in [1.29, 1.82) is 0 Å². The minimum Gasteiger partial charge on any atom is -0.451 e. The highest BCUT2D eigenvalue weighted by molar-refractivity contribution is 14.1. The second-order valence-electron chi connectivity index (χ2n) is 4.57. The highest BCUT2D eigenvalue weighted by Gasteiger charge is 2.41. The third kappa shape index (κ3) is 4.26. The summed E-state index contributed by atoms with van der Waals surface area (Å²) in [5, 5.41) is 10.2. The number of aliphatic hydroxyl groups is 1. The van der Waals surface area contributed by atoms with Crippen molar-refractivity contribution in [3.8, 4) is 0 Å². The SMILES string of the molecule is C=CCO[C@H]1OC[C@H](I)[C@H](O)[C@@H]1OC(=O)c1ccccc1. The van der Waals surface area contributed by atoms with E-state index in [1.54, 1.807) is 30.3 Å². The fraction of sp³-hybridized carbons (Fsp3) is 0.400. The monoisotopic (exact) mass is 404 g/mol. The van der Waals surface area contributed by atoms with Gasteiger partial charge in [-0.3, -0.25) is 0 Å². The molecule has 21 heavy (non-hydrogen) atoms. The molecule has 1 aromatic rings. The van der Waals surface area contributed by atoms with E-state index in [0.717, 1.165) is 0 Å². The molecule has 5 nitrogen and oxygen atoms in total. The molecule has 0 radical (unpaired) electrons. The molecule has 1 N–H and O–H groups in total. The first-order valence-electron chi connectivity index (χ1n) is 6.55. The predicted octanol–water partition coefficient (Wildman–Crippen LogP) is 1.94. The number of hydrogen-bond donors (Lipinski definition) is 1. The van der Waals surface area contributed by atoms with Gasteiger partial charge in [0.1, 0.15) is 6.10 Å². The Morgan fingerprint density at radius 2 is 2.19 bits per heavy atom. The number of carbonyl (C=O) groups excluding carboxylic acids is 1. The highest BCUT2D eigenvalue weighted by atomic mass is 127. The van der Waals surface area contributed by atoms with Gasteiger partial charge in [0.2, 0.25) is 0 Å². The zero-order valence-electron chi connectivity index (χ0n) is 11.4. The topological polar surface area (TPSA) is 65.0 Å². The van der Waals surface area contributed by atoms with Gasteiger partial charge in [-0.1, -0.05) is 46.9 Å². The smallest absolute Gasteiger partial charge is 0.338 e. The number of ether oxygens (including phenoxy) is 3. The standard InChI is InChI=1S/C15H17IO5/c1-2-8-19-15-13(12(17)11(16)9-20-15)21-14(18)10-6-4-3-5-7-10/h2-7,11-13,15,17H,1,8-9H2/t11-,12-,13-,15-/m0/s1. The molecule has 2 rings (SSSR count). The van der Waals surface area contributed by atoms with E-state index in [2.05, 4.69) is 29.2 Å². The van der Waals surface area contributed by atoms with Crippen LogP contribution in [0.5, 0.6) is 0 Å². The van der Waals surface area contributed by atoms with Gasteiger partial charge in [-0.25, -0.2) is 4.79 Å². The van der Waals surface area contributed by atoms with Crippen LogP contribution >= 0.6 is 22.6 Å². The quantitative estimate of drug-likeness (QED) is 0.352. The minimum atomic E-state index is -0.867. The Balaban J connectivity index is 2.08. The first kappa shape index (κ1) is 16.4. The predicted molar refractivity (Wildman–Crippen MR) is 85.3 cm³/mol. The van der Waals surface area contributed by atoms with E-state index in [0.29, 0.717) is 12.2 Å². The summed E-state index contributed by atoms with van der Waals surface area (Å²) in [7, 11) is 0. The van der Waals surface area contributed by atoms with Gasteiger partial charge in [-0.2, -0.15) is 0 Å². The lowest BCUT2D eigenvalue weighted by molar-refractivity contribution is -0.234. The molecule has 0 spiro atoms. The summed E-state index contributed by atoms with van der Waals surface area (Å²) in [5.41, 5.74) is 0.419. The van der Waals surface area contributed by atoms with E-state index in [4.69, 9.17) is 14.2 Å². The van der Waals surface area contributed by atoms with Gasteiger partial charge in [-0.05, 0) is 12.1 Å². The maximum absolute atomic E-state index is 12.1. The van der Waals surface area contributed by atoms with E-state index < -0.39 is 24.5 Å². The summed E-state index contributed by atoms with van der Waals surface area (Å²) < 4.78 is 16.1. The van der Waals surface area contributed by atoms with Crippen LogP contribution in [0, 0.1) is 0 Å². The average Bonchev–Trinajstić information content (AvgIpc) is 2.52. The number of carbonyl (C=O) groups is 1. The van der Waals surface area contributed by atoms with Crippen molar-refractivity contribution in [3.05, 3.63) is 48.6 Å². The molecule has 0 unspecified atom stereocenters. The number of rotatable bonds is 5. The van der Waals surface area contributed by atoms with Crippen LogP contribution < -0.4 is 0 Å². The van der Waals surface area contributed by atoms with Crippen LogP contribution in [0.3, 0.4) is 0 Å². The second kappa shape index (κ2) is 7.88. The van der Waals surface area contributed by atoms with Crippen molar-refractivity contribution in [2.24, 2.45) is 0 Å². The third-order valence-electron chi connectivity index (χ3n) is 3.03. The molecule has 1 fully saturated rings. The van der Waals surface area contributed by atoms with Gasteiger partial charge < -0.3 is 19.3 Å². The van der Waals surface area contributed by atoms with Gasteiger partial charge >= 0.3 is 5.97 Å². The van der Waals surface area contributed by atoms with E-state index in [1.807, 2.05) is 6.07 Å². The lowest BCUT2D eigenvalue weighted by Crippen LogP contribution is -2.53. The van der Waals surface area contributed by atoms with Crippen molar-refractivity contribution in [3.63, 3.8) is 0 Å². The van der Waals surface area contributed by atoms with Crippen LogP contribution in [0.2, 0.25) is 0 Å². The molecule has 0 aliphatic carbocycles. The zero-order chi connectivity index (χ0) is 15.2. The van der Waals surface area contributed by atoms with Crippen LogP contribution in [0.1, 0.15) is 10.4 Å². The Morgan fingerprint density at radius 1 is 1.48 bits per heavy atom. The number of benzene rings is 1. The number of alkyl halides is 1. The number of esters is 1. The fourth-order valence-electron chi connectivity index (χ4n) is 1.94. The molecule has 0 aromatic heterocycles. The summed E-state index contributed by atoms with van der Waals surface area (Å²) in [6.07, 6.45) is -0.936. The third-order valence-corrected chi connectivity index (χ3v) is 4.12. The summed E-state index contributed by atoms with van der Waals surface area (Å²) in [6, 6.07) is 8.61. The Labute approximate surface area is 137 Å². The Kier molecular flexibility index (Phi) is 6.16. The largest absolute Gasteiger partial charge is 0.451 e. The van der Waals surface area contributed by atoms with Crippen LogP contribution in [-0.2, 0) is 14.2 Å². The lowest BCUT2D eigenvalue weighted by atomic mass is 10.1. The van der Waals surface area contributed by atoms with Crippen molar-refractivity contribution in [2.45, 2.75) is 22.4 Å². The highest BCUT2D eigenvalue weighted by Crippen LogP contribution is 2.25. The zero-order valence-corrected chi connectivity index (χ0v) is 13.5. The fourth-order valence-corrected chi connectivity index (χ4v) is 2.56. The van der Waals surface area contributed by atoms with Crippen molar-refractivity contribution >= 4 is 28.6 Å². The lowest BCUT2D eigenvalue weighted by Gasteiger charge is -2.37. The van der Waals surface area contributed by atoms with Crippen LogP contribution in [0.25, 0.3) is 0 Å².